The molecule has 0 bridgehead atoms. The van der Waals surface area contributed by atoms with E-state index in [0.717, 1.165) is 48.3 Å². The molecule has 0 atom stereocenters. The predicted molar refractivity (Wildman–Crippen MR) is 126 cm³/mol. The fourth-order valence-corrected chi connectivity index (χ4v) is 4.32. The van der Waals surface area contributed by atoms with Gasteiger partial charge in [0, 0.05) is 55.2 Å². The van der Waals surface area contributed by atoms with Crippen molar-refractivity contribution in [2.24, 2.45) is 7.05 Å². The summed E-state index contributed by atoms with van der Waals surface area (Å²) >= 11 is 0. The number of nitrogens with one attached hydrogen (secondary N) is 2. The van der Waals surface area contributed by atoms with Crippen LogP contribution in [-0.2, 0) is 26.6 Å². The van der Waals surface area contributed by atoms with Gasteiger partial charge in [-0.25, -0.2) is 4.79 Å². The highest BCUT2D eigenvalue weighted by atomic mass is 16.2. The smallest absolute Gasteiger partial charge is 0.323 e. The maximum atomic E-state index is 12.6. The van der Waals surface area contributed by atoms with Crippen LogP contribution in [0.25, 0.3) is 10.9 Å². The number of carbonyl (C=O) groups is 1. The van der Waals surface area contributed by atoms with Crippen molar-refractivity contribution in [3.63, 3.8) is 0 Å². The third-order valence-corrected chi connectivity index (χ3v) is 5.95. The molecule has 156 valence electrons. The molecule has 2 amide bonds. The zero-order chi connectivity index (χ0) is 21.2. The van der Waals surface area contributed by atoms with Crippen LogP contribution in [0.2, 0.25) is 0 Å². The summed E-state index contributed by atoms with van der Waals surface area (Å²) in [4.78, 5) is 15.0. The number of benzene rings is 3. The quantitative estimate of drug-likeness (QED) is 0.474. The zero-order valence-corrected chi connectivity index (χ0v) is 17.6. The Morgan fingerprint density at radius 2 is 1.68 bits per heavy atom. The number of hydrogen-bond donors (Lipinski definition) is 2. The van der Waals surface area contributed by atoms with Crippen molar-refractivity contribution >= 4 is 28.3 Å². The Labute approximate surface area is 182 Å². The standard InChI is InChI=1S/C26H26N4O/c1-29-13-11-21-15-24(9-10-25(21)29)28-26(31)27-23-8-7-20-12-14-30(18-22(20)16-23)17-19-5-3-2-4-6-19/h2-11,13,15-16H,12,14,17-18H2,1H3,(H2,27,28,31). The van der Waals surface area contributed by atoms with Crippen LogP contribution >= 0.6 is 0 Å². The van der Waals surface area contributed by atoms with Gasteiger partial charge in [-0.2, -0.15) is 0 Å². The molecule has 31 heavy (non-hydrogen) atoms. The Bertz CT molecular complexity index is 1230. The molecule has 5 heteroatoms. The first-order valence-electron chi connectivity index (χ1n) is 10.7. The minimum absolute atomic E-state index is 0.229. The number of hydrogen-bond acceptors (Lipinski definition) is 2. The topological polar surface area (TPSA) is 49.3 Å². The zero-order valence-electron chi connectivity index (χ0n) is 17.6. The second kappa shape index (κ2) is 8.28. The van der Waals surface area contributed by atoms with Crippen molar-refractivity contribution in [3.05, 3.63) is 95.7 Å². The second-order valence-corrected chi connectivity index (χ2v) is 8.21. The highest BCUT2D eigenvalue weighted by Crippen LogP contribution is 2.24. The number of rotatable bonds is 4. The summed E-state index contributed by atoms with van der Waals surface area (Å²) in [7, 11) is 2.01. The summed E-state index contributed by atoms with van der Waals surface area (Å²) in [5, 5.41) is 7.03. The molecule has 4 aromatic rings. The van der Waals surface area contributed by atoms with Gasteiger partial charge in [0.05, 0.1) is 0 Å². The van der Waals surface area contributed by atoms with Crippen LogP contribution < -0.4 is 10.6 Å². The molecule has 1 aliphatic rings. The Balaban J connectivity index is 1.24. The first-order valence-corrected chi connectivity index (χ1v) is 10.7. The molecular weight excluding hydrogens is 384 g/mol. The van der Waals surface area contributed by atoms with E-state index in [1.165, 1.54) is 16.7 Å². The Kier molecular flexibility index (Phi) is 5.18. The second-order valence-electron chi connectivity index (χ2n) is 8.21. The fraction of sp³-hybridized carbons (Fsp3) is 0.192. The van der Waals surface area contributed by atoms with Crippen molar-refractivity contribution in [3.8, 4) is 0 Å². The molecule has 0 saturated heterocycles. The van der Waals surface area contributed by atoms with Gasteiger partial charge >= 0.3 is 6.03 Å². The molecule has 1 aliphatic heterocycles. The summed E-state index contributed by atoms with van der Waals surface area (Å²) in [5.41, 5.74) is 6.72. The number of aryl methyl sites for hydroxylation is 1. The van der Waals surface area contributed by atoms with Gasteiger partial charge in [0.15, 0.2) is 0 Å². The van der Waals surface area contributed by atoms with Crippen LogP contribution in [0.4, 0.5) is 16.2 Å². The summed E-state index contributed by atoms with van der Waals surface area (Å²) in [6.07, 6.45) is 3.05. The van der Waals surface area contributed by atoms with Gasteiger partial charge in [-0.15, -0.1) is 0 Å². The van der Waals surface area contributed by atoms with Crippen LogP contribution in [0.1, 0.15) is 16.7 Å². The molecule has 5 nitrogen and oxygen atoms in total. The van der Waals surface area contributed by atoms with E-state index in [0.29, 0.717) is 0 Å². The van der Waals surface area contributed by atoms with Crippen LogP contribution in [0.5, 0.6) is 0 Å². The lowest BCUT2D eigenvalue weighted by Crippen LogP contribution is -2.30. The molecule has 0 aliphatic carbocycles. The third kappa shape index (κ3) is 4.32. The predicted octanol–water partition coefficient (Wildman–Crippen LogP) is 5.38. The number of urea groups is 1. The Hall–Kier alpha value is -3.57. The maximum absolute atomic E-state index is 12.6. The van der Waals surface area contributed by atoms with Gasteiger partial charge in [-0.05, 0) is 59.5 Å². The molecule has 2 N–H and O–H groups in total. The van der Waals surface area contributed by atoms with Gasteiger partial charge in [0.25, 0.3) is 0 Å². The van der Waals surface area contributed by atoms with E-state index >= 15 is 0 Å². The first-order chi connectivity index (χ1) is 15.1. The highest BCUT2D eigenvalue weighted by molar-refractivity contribution is 6.01. The van der Waals surface area contributed by atoms with E-state index < -0.39 is 0 Å². The van der Waals surface area contributed by atoms with Gasteiger partial charge in [-0.3, -0.25) is 4.90 Å². The first kappa shape index (κ1) is 19.4. The molecule has 3 aromatic carbocycles. The van der Waals surface area contributed by atoms with E-state index in [9.17, 15) is 4.79 Å². The van der Waals surface area contributed by atoms with Gasteiger partial charge in [0.2, 0.25) is 0 Å². The number of nitrogens with zero attached hydrogens (tertiary/aromatic N) is 2. The molecule has 0 saturated carbocycles. The van der Waals surface area contributed by atoms with Gasteiger partial charge < -0.3 is 15.2 Å². The lowest BCUT2D eigenvalue weighted by Gasteiger charge is -2.29. The van der Waals surface area contributed by atoms with Crippen molar-refractivity contribution in [2.75, 3.05) is 17.2 Å². The van der Waals surface area contributed by atoms with Crippen molar-refractivity contribution in [1.82, 2.24) is 9.47 Å². The van der Waals surface area contributed by atoms with Gasteiger partial charge in [-0.1, -0.05) is 36.4 Å². The summed E-state index contributed by atoms with van der Waals surface area (Å²) in [5.74, 6) is 0. The molecule has 0 unspecified atom stereocenters. The monoisotopic (exact) mass is 410 g/mol. The van der Waals surface area contributed by atoms with E-state index in [4.69, 9.17) is 0 Å². The summed E-state index contributed by atoms with van der Waals surface area (Å²) in [6.45, 7) is 2.89. The van der Waals surface area contributed by atoms with Gasteiger partial charge in [0.1, 0.15) is 0 Å². The molecule has 5 rings (SSSR count). The van der Waals surface area contributed by atoms with Crippen molar-refractivity contribution < 1.29 is 4.79 Å². The Morgan fingerprint density at radius 1 is 0.903 bits per heavy atom. The Morgan fingerprint density at radius 3 is 2.52 bits per heavy atom. The average Bonchev–Trinajstić information content (AvgIpc) is 3.14. The van der Waals surface area contributed by atoms with E-state index in [1.807, 2.05) is 43.6 Å². The molecular formula is C26H26N4O. The SMILES string of the molecule is Cn1ccc2cc(NC(=O)Nc3ccc4c(c3)CN(Cc3ccccc3)CC4)ccc21. The van der Waals surface area contributed by atoms with E-state index in [1.54, 1.807) is 0 Å². The van der Waals surface area contributed by atoms with Crippen molar-refractivity contribution in [2.45, 2.75) is 19.5 Å². The molecule has 0 spiro atoms. The van der Waals surface area contributed by atoms with Crippen LogP contribution in [0.15, 0.2) is 79.0 Å². The highest BCUT2D eigenvalue weighted by Gasteiger charge is 2.17. The van der Waals surface area contributed by atoms with E-state index in [2.05, 4.69) is 62.6 Å². The number of aromatic nitrogens is 1. The number of amides is 2. The summed E-state index contributed by atoms with van der Waals surface area (Å²) < 4.78 is 2.06. The molecule has 0 radical (unpaired) electrons. The number of fused-ring (bicyclic) bond motifs is 2. The molecule has 2 heterocycles. The largest absolute Gasteiger partial charge is 0.351 e. The minimum atomic E-state index is -0.229. The van der Waals surface area contributed by atoms with Crippen molar-refractivity contribution in [1.29, 1.82) is 0 Å². The summed E-state index contributed by atoms with van der Waals surface area (Å²) in [6, 6.07) is 24.6. The van der Waals surface area contributed by atoms with E-state index in [-0.39, 0.29) is 6.03 Å². The fourth-order valence-electron chi connectivity index (χ4n) is 4.32. The van der Waals surface area contributed by atoms with Crippen LogP contribution in [0.3, 0.4) is 0 Å². The van der Waals surface area contributed by atoms with Crippen LogP contribution in [0, 0.1) is 0 Å². The number of carbonyl (C=O) groups excluding carboxylic acids is 1. The third-order valence-electron chi connectivity index (χ3n) is 5.95. The normalized spacial score (nSPS) is 13.7. The molecule has 0 fully saturated rings. The maximum Gasteiger partial charge on any atom is 0.323 e. The molecule has 1 aromatic heterocycles. The number of anilines is 2. The minimum Gasteiger partial charge on any atom is -0.351 e. The average molecular weight is 411 g/mol. The van der Waals surface area contributed by atoms with Crippen LogP contribution in [-0.4, -0.2) is 22.0 Å². The lowest BCUT2D eigenvalue weighted by molar-refractivity contribution is 0.245. The lowest BCUT2D eigenvalue weighted by atomic mass is 9.98.